The van der Waals surface area contributed by atoms with Crippen LogP contribution in [0.1, 0.15) is 5.56 Å². The molecule has 0 bridgehead atoms. The number of hydrogen-bond acceptors (Lipinski definition) is 3. The molecule has 0 aliphatic heterocycles. The van der Waals surface area contributed by atoms with Gasteiger partial charge in [-0.2, -0.15) is 13.2 Å². The van der Waals surface area contributed by atoms with Crippen LogP contribution in [-0.2, 0) is 4.79 Å². The highest BCUT2D eigenvalue weighted by Gasteiger charge is 2.41. The summed E-state index contributed by atoms with van der Waals surface area (Å²) in [5.74, 6) is -1.86. The highest BCUT2D eigenvalue weighted by atomic mass is 19.4. The van der Waals surface area contributed by atoms with Crippen LogP contribution in [0.25, 0.3) is 5.57 Å². The standard InChI is InChI=1S/C11H11F3N2O/c1-16(2)7-9(10(17)11(12,13)14)8-3-5-15-6-4-8/h3-7H,1-2H3. The zero-order valence-electron chi connectivity index (χ0n) is 9.32. The van der Waals surface area contributed by atoms with Crippen molar-refractivity contribution < 1.29 is 18.0 Å². The lowest BCUT2D eigenvalue weighted by Crippen LogP contribution is -2.25. The molecule has 0 aromatic carbocycles. The number of pyridine rings is 1. The summed E-state index contributed by atoms with van der Waals surface area (Å²) in [4.78, 5) is 16.3. The Morgan fingerprint density at radius 1 is 1.29 bits per heavy atom. The average Bonchev–Trinajstić information content (AvgIpc) is 2.24. The van der Waals surface area contributed by atoms with Crippen molar-refractivity contribution in [1.82, 2.24) is 9.88 Å². The molecule has 0 aliphatic carbocycles. The smallest absolute Gasteiger partial charge is 0.383 e. The topological polar surface area (TPSA) is 33.2 Å². The summed E-state index contributed by atoms with van der Waals surface area (Å²) in [6.07, 6.45) is -1.07. The summed E-state index contributed by atoms with van der Waals surface area (Å²) in [6, 6.07) is 2.72. The average molecular weight is 244 g/mol. The molecule has 1 heterocycles. The molecule has 6 heteroatoms. The van der Waals surface area contributed by atoms with Gasteiger partial charge < -0.3 is 4.90 Å². The van der Waals surface area contributed by atoms with E-state index in [1.165, 1.54) is 29.4 Å². The molecule has 0 saturated carbocycles. The van der Waals surface area contributed by atoms with E-state index in [1.807, 2.05) is 0 Å². The van der Waals surface area contributed by atoms with Crippen LogP contribution in [0.2, 0.25) is 0 Å². The predicted molar refractivity (Wildman–Crippen MR) is 57.0 cm³/mol. The summed E-state index contributed by atoms with van der Waals surface area (Å²) in [6.45, 7) is 0. The summed E-state index contributed by atoms with van der Waals surface area (Å²) >= 11 is 0. The van der Waals surface area contributed by atoms with Crippen LogP contribution in [0.4, 0.5) is 13.2 Å². The largest absolute Gasteiger partial charge is 0.454 e. The minimum absolute atomic E-state index is 0.191. The number of allylic oxidation sites excluding steroid dienone is 1. The van der Waals surface area contributed by atoms with Crippen molar-refractivity contribution in [1.29, 1.82) is 0 Å². The zero-order chi connectivity index (χ0) is 13.1. The van der Waals surface area contributed by atoms with Gasteiger partial charge >= 0.3 is 6.18 Å². The van der Waals surface area contributed by atoms with E-state index in [9.17, 15) is 18.0 Å². The third-order valence-corrected chi connectivity index (χ3v) is 1.88. The number of rotatable bonds is 3. The molecule has 0 radical (unpaired) electrons. The molecule has 0 spiro atoms. The number of alkyl halides is 3. The van der Waals surface area contributed by atoms with Gasteiger partial charge in [-0.25, -0.2) is 0 Å². The second-order valence-corrected chi connectivity index (χ2v) is 3.57. The minimum atomic E-state index is -4.88. The maximum absolute atomic E-state index is 12.4. The van der Waals surface area contributed by atoms with Gasteiger partial charge in [-0.15, -0.1) is 0 Å². The maximum Gasteiger partial charge on any atom is 0.454 e. The van der Waals surface area contributed by atoms with Gasteiger partial charge in [-0.3, -0.25) is 9.78 Å². The van der Waals surface area contributed by atoms with Gasteiger partial charge in [0.2, 0.25) is 0 Å². The van der Waals surface area contributed by atoms with Gasteiger partial charge in [0.05, 0.1) is 5.57 Å². The van der Waals surface area contributed by atoms with Crippen molar-refractivity contribution in [3.05, 3.63) is 36.3 Å². The van der Waals surface area contributed by atoms with Gasteiger partial charge in [-0.05, 0) is 17.7 Å². The van der Waals surface area contributed by atoms with Gasteiger partial charge in [-0.1, -0.05) is 0 Å². The number of ketones is 1. The Morgan fingerprint density at radius 2 is 1.82 bits per heavy atom. The zero-order valence-corrected chi connectivity index (χ0v) is 9.32. The first-order valence-electron chi connectivity index (χ1n) is 4.72. The fourth-order valence-electron chi connectivity index (χ4n) is 1.21. The van der Waals surface area contributed by atoms with E-state index in [0.29, 0.717) is 0 Å². The number of nitrogens with zero attached hydrogens (tertiary/aromatic N) is 2. The van der Waals surface area contributed by atoms with Gasteiger partial charge in [0.25, 0.3) is 5.78 Å². The highest BCUT2D eigenvalue weighted by Crippen LogP contribution is 2.26. The third kappa shape index (κ3) is 3.58. The van der Waals surface area contributed by atoms with E-state index in [2.05, 4.69) is 4.98 Å². The molecule has 0 saturated heterocycles. The second kappa shape index (κ2) is 4.99. The first-order valence-corrected chi connectivity index (χ1v) is 4.72. The fraction of sp³-hybridized carbons (Fsp3) is 0.273. The third-order valence-electron chi connectivity index (χ3n) is 1.88. The lowest BCUT2D eigenvalue weighted by atomic mass is 10.0. The molecular weight excluding hydrogens is 233 g/mol. The maximum atomic E-state index is 12.4. The van der Waals surface area contributed by atoms with Crippen LogP contribution in [0.15, 0.2) is 30.7 Å². The molecule has 0 N–H and O–H groups in total. The molecule has 92 valence electrons. The molecule has 0 amide bonds. The Labute approximate surface area is 96.6 Å². The monoisotopic (exact) mass is 244 g/mol. The van der Waals surface area contributed by atoms with E-state index in [-0.39, 0.29) is 5.56 Å². The quantitative estimate of drug-likeness (QED) is 0.763. The number of carbonyl (C=O) groups excluding carboxylic acids is 1. The first-order chi connectivity index (χ1) is 7.82. The Bertz CT molecular complexity index is 424. The van der Waals surface area contributed by atoms with Crippen LogP contribution in [0.5, 0.6) is 0 Å². The SMILES string of the molecule is CN(C)C=C(C(=O)C(F)(F)F)c1ccncc1. The van der Waals surface area contributed by atoms with E-state index < -0.39 is 17.5 Å². The van der Waals surface area contributed by atoms with Crippen LogP contribution in [-0.4, -0.2) is 35.9 Å². The van der Waals surface area contributed by atoms with Crippen LogP contribution in [0.3, 0.4) is 0 Å². The van der Waals surface area contributed by atoms with E-state index in [4.69, 9.17) is 0 Å². The summed E-state index contributed by atoms with van der Waals surface area (Å²) < 4.78 is 37.2. The van der Waals surface area contributed by atoms with Crippen LogP contribution < -0.4 is 0 Å². The van der Waals surface area contributed by atoms with Crippen molar-refractivity contribution in [2.45, 2.75) is 6.18 Å². The van der Waals surface area contributed by atoms with E-state index >= 15 is 0 Å². The highest BCUT2D eigenvalue weighted by molar-refractivity contribution is 6.23. The summed E-state index contributed by atoms with van der Waals surface area (Å²) in [7, 11) is 3.09. The number of Topliss-reactive ketones (excluding diaryl/α,β-unsaturated/α-hetero) is 1. The Hall–Kier alpha value is -1.85. The van der Waals surface area contributed by atoms with E-state index in [1.54, 1.807) is 14.1 Å². The Balaban J connectivity index is 3.20. The molecular formula is C11H11F3N2O. The predicted octanol–water partition coefficient (Wildman–Crippen LogP) is 2.12. The van der Waals surface area contributed by atoms with Crippen LogP contribution in [0, 0.1) is 0 Å². The molecule has 17 heavy (non-hydrogen) atoms. The molecule has 0 atom stereocenters. The minimum Gasteiger partial charge on any atom is -0.383 e. The van der Waals surface area contributed by atoms with Crippen molar-refractivity contribution in [2.24, 2.45) is 0 Å². The normalized spacial score (nSPS) is 12.4. The lowest BCUT2D eigenvalue weighted by molar-refractivity contribution is -0.164. The Kier molecular flexibility index (Phi) is 3.88. The summed E-state index contributed by atoms with van der Waals surface area (Å²) in [5.41, 5.74) is -0.207. The Morgan fingerprint density at radius 3 is 2.24 bits per heavy atom. The number of carbonyl (C=O) groups is 1. The second-order valence-electron chi connectivity index (χ2n) is 3.57. The summed E-state index contributed by atoms with van der Waals surface area (Å²) in [5, 5.41) is 0. The number of aromatic nitrogens is 1. The first kappa shape index (κ1) is 13.2. The fourth-order valence-corrected chi connectivity index (χ4v) is 1.21. The van der Waals surface area contributed by atoms with Gasteiger partial charge in [0.15, 0.2) is 0 Å². The van der Waals surface area contributed by atoms with Gasteiger partial charge in [0.1, 0.15) is 0 Å². The van der Waals surface area contributed by atoms with Crippen molar-refractivity contribution in [3.63, 3.8) is 0 Å². The molecule has 0 unspecified atom stereocenters. The molecule has 3 nitrogen and oxygen atoms in total. The van der Waals surface area contributed by atoms with Gasteiger partial charge in [0, 0.05) is 32.7 Å². The lowest BCUT2D eigenvalue weighted by Gasteiger charge is -2.13. The molecule has 0 aliphatic rings. The van der Waals surface area contributed by atoms with Crippen molar-refractivity contribution in [3.8, 4) is 0 Å². The molecule has 1 rings (SSSR count). The van der Waals surface area contributed by atoms with Crippen LogP contribution >= 0.6 is 0 Å². The number of hydrogen-bond donors (Lipinski definition) is 0. The molecule has 1 aromatic rings. The number of halogens is 3. The molecule has 0 fully saturated rings. The van der Waals surface area contributed by atoms with Crippen molar-refractivity contribution >= 4 is 11.4 Å². The van der Waals surface area contributed by atoms with Crippen molar-refractivity contribution in [2.75, 3.05) is 14.1 Å². The van der Waals surface area contributed by atoms with E-state index in [0.717, 1.165) is 6.20 Å². The molecule has 1 aromatic heterocycles.